The molecule has 1 amide bonds. The minimum Gasteiger partial charge on any atom is -0.326 e. The maximum absolute atomic E-state index is 13.4. The molecule has 0 atom stereocenters. The van der Waals surface area contributed by atoms with E-state index in [1.165, 1.54) is 6.07 Å². The van der Waals surface area contributed by atoms with Crippen molar-refractivity contribution in [1.29, 1.82) is 0 Å². The highest BCUT2D eigenvalue weighted by molar-refractivity contribution is 5.99. The second-order valence-corrected chi connectivity index (χ2v) is 4.80. The first-order chi connectivity index (χ1) is 10.1. The van der Waals surface area contributed by atoms with Gasteiger partial charge >= 0.3 is 0 Å². The van der Waals surface area contributed by atoms with E-state index in [1.807, 2.05) is 6.07 Å². The number of hydrogen-bond acceptors (Lipinski definition) is 2. The number of hydrogen-bond donors (Lipinski definition) is 1. The Labute approximate surface area is 122 Å². The van der Waals surface area contributed by atoms with Gasteiger partial charge in [-0.25, -0.2) is 4.39 Å². The lowest BCUT2D eigenvalue weighted by atomic mass is 10.1. The van der Waals surface area contributed by atoms with Gasteiger partial charge in [0.2, 0.25) is 5.91 Å². The standard InChI is InChI=1S/C17H16FNO2/c1-12-7-8-14(11-15(12)18)19-17(21)10-9-16(20)13-5-3-2-4-6-13/h2-8,11H,9-10H2,1H3,(H,19,21). The molecule has 0 saturated heterocycles. The molecule has 0 aliphatic carbocycles. The second kappa shape index (κ2) is 6.79. The fourth-order valence-electron chi connectivity index (χ4n) is 1.89. The van der Waals surface area contributed by atoms with Crippen molar-refractivity contribution >= 4 is 17.4 Å². The van der Waals surface area contributed by atoms with Crippen LogP contribution in [0, 0.1) is 12.7 Å². The highest BCUT2D eigenvalue weighted by atomic mass is 19.1. The first kappa shape index (κ1) is 14.9. The van der Waals surface area contributed by atoms with Gasteiger partial charge in [0.25, 0.3) is 0 Å². The number of halogens is 1. The summed E-state index contributed by atoms with van der Waals surface area (Å²) >= 11 is 0. The van der Waals surface area contributed by atoms with Crippen LogP contribution in [0.25, 0.3) is 0 Å². The van der Waals surface area contributed by atoms with Crippen molar-refractivity contribution < 1.29 is 14.0 Å². The molecule has 0 bridgehead atoms. The van der Waals surface area contributed by atoms with Gasteiger partial charge in [0, 0.05) is 24.1 Å². The number of rotatable bonds is 5. The number of amides is 1. The molecule has 21 heavy (non-hydrogen) atoms. The molecule has 0 spiro atoms. The zero-order valence-corrected chi connectivity index (χ0v) is 11.7. The van der Waals surface area contributed by atoms with Crippen LogP contribution in [-0.2, 0) is 4.79 Å². The van der Waals surface area contributed by atoms with Gasteiger partial charge in [-0.15, -0.1) is 0 Å². The summed E-state index contributed by atoms with van der Waals surface area (Å²) in [6.45, 7) is 1.65. The quantitative estimate of drug-likeness (QED) is 0.851. The predicted molar refractivity (Wildman–Crippen MR) is 79.8 cm³/mol. The van der Waals surface area contributed by atoms with Crippen molar-refractivity contribution in [3.8, 4) is 0 Å². The van der Waals surface area contributed by atoms with E-state index in [9.17, 15) is 14.0 Å². The molecular formula is C17H16FNO2. The number of nitrogens with one attached hydrogen (secondary N) is 1. The van der Waals surface area contributed by atoms with Gasteiger partial charge in [-0.3, -0.25) is 9.59 Å². The highest BCUT2D eigenvalue weighted by Gasteiger charge is 2.09. The Hall–Kier alpha value is -2.49. The Balaban J connectivity index is 1.87. The van der Waals surface area contributed by atoms with Crippen LogP contribution < -0.4 is 5.32 Å². The van der Waals surface area contributed by atoms with E-state index in [-0.39, 0.29) is 30.3 Å². The van der Waals surface area contributed by atoms with E-state index in [4.69, 9.17) is 0 Å². The summed E-state index contributed by atoms with van der Waals surface area (Å²) in [7, 11) is 0. The molecule has 4 heteroatoms. The summed E-state index contributed by atoms with van der Waals surface area (Å²) in [5, 5.41) is 2.59. The lowest BCUT2D eigenvalue weighted by molar-refractivity contribution is -0.116. The molecule has 2 aromatic rings. The van der Waals surface area contributed by atoms with Crippen LogP contribution in [0.5, 0.6) is 0 Å². The number of ketones is 1. The Bertz CT molecular complexity index is 653. The number of benzene rings is 2. The van der Waals surface area contributed by atoms with E-state index in [1.54, 1.807) is 43.3 Å². The molecule has 0 radical (unpaired) electrons. The highest BCUT2D eigenvalue weighted by Crippen LogP contribution is 2.14. The summed E-state index contributed by atoms with van der Waals surface area (Å²) < 4.78 is 13.4. The second-order valence-electron chi connectivity index (χ2n) is 4.80. The van der Waals surface area contributed by atoms with Gasteiger partial charge < -0.3 is 5.32 Å². The fourth-order valence-corrected chi connectivity index (χ4v) is 1.89. The van der Waals surface area contributed by atoms with Crippen LogP contribution in [0.4, 0.5) is 10.1 Å². The molecular weight excluding hydrogens is 269 g/mol. The first-order valence-corrected chi connectivity index (χ1v) is 6.70. The summed E-state index contributed by atoms with van der Waals surface area (Å²) in [6, 6.07) is 13.3. The number of Topliss-reactive ketones (excluding diaryl/α,β-unsaturated/α-hetero) is 1. The van der Waals surface area contributed by atoms with Gasteiger partial charge in [-0.1, -0.05) is 36.4 Å². The summed E-state index contributed by atoms with van der Waals surface area (Å²) in [4.78, 5) is 23.6. The molecule has 0 aliphatic rings. The maximum Gasteiger partial charge on any atom is 0.224 e. The van der Waals surface area contributed by atoms with Crippen LogP contribution in [0.15, 0.2) is 48.5 Å². The van der Waals surface area contributed by atoms with Crippen molar-refractivity contribution in [3.63, 3.8) is 0 Å². The van der Waals surface area contributed by atoms with Crippen molar-refractivity contribution in [3.05, 3.63) is 65.5 Å². The van der Waals surface area contributed by atoms with Gasteiger partial charge in [0.1, 0.15) is 5.82 Å². The number of aryl methyl sites for hydroxylation is 1. The first-order valence-electron chi connectivity index (χ1n) is 6.70. The molecule has 0 aliphatic heterocycles. The Morgan fingerprint density at radius 3 is 2.43 bits per heavy atom. The van der Waals surface area contributed by atoms with Crippen LogP contribution in [0.3, 0.4) is 0 Å². The third kappa shape index (κ3) is 4.24. The molecule has 0 heterocycles. The molecule has 0 saturated carbocycles. The van der Waals surface area contributed by atoms with Crippen LogP contribution in [0.2, 0.25) is 0 Å². The SMILES string of the molecule is Cc1ccc(NC(=O)CCC(=O)c2ccccc2)cc1F. The van der Waals surface area contributed by atoms with Gasteiger partial charge in [0.15, 0.2) is 5.78 Å². The zero-order chi connectivity index (χ0) is 15.2. The Morgan fingerprint density at radius 2 is 1.76 bits per heavy atom. The molecule has 2 aromatic carbocycles. The van der Waals surface area contributed by atoms with E-state index in [2.05, 4.69) is 5.32 Å². The number of anilines is 1. The van der Waals surface area contributed by atoms with Crippen LogP contribution in [0.1, 0.15) is 28.8 Å². The van der Waals surface area contributed by atoms with Crippen molar-refractivity contribution in [2.24, 2.45) is 0 Å². The minimum atomic E-state index is -0.367. The lowest BCUT2D eigenvalue weighted by Gasteiger charge is -2.06. The van der Waals surface area contributed by atoms with Crippen molar-refractivity contribution in [2.75, 3.05) is 5.32 Å². The monoisotopic (exact) mass is 285 g/mol. The van der Waals surface area contributed by atoms with Crippen molar-refractivity contribution in [1.82, 2.24) is 0 Å². The average Bonchev–Trinajstić information content (AvgIpc) is 2.49. The Kier molecular flexibility index (Phi) is 4.82. The van der Waals surface area contributed by atoms with Gasteiger partial charge in [-0.2, -0.15) is 0 Å². The molecule has 0 fully saturated rings. The largest absolute Gasteiger partial charge is 0.326 e. The van der Waals surface area contributed by atoms with Crippen molar-refractivity contribution in [2.45, 2.75) is 19.8 Å². The van der Waals surface area contributed by atoms with Crippen LogP contribution >= 0.6 is 0 Å². The number of carbonyl (C=O) groups excluding carboxylic acids is 2. The van der Waals surface area contributed by atoms with E-state index < -0.39 is 0 Å². The molecule has 0 unspecified atom stereocenters. The summed E-state index contributed by atoms with van der Waals surface area (Å²) in [5.41, 5.74) is 1.51. The van der Waals surface area contributed by atoms with Gasteiger partial charge in [-0.05, 0) is 24.6 Å². The van der Waals surface area contributed by atoms with E-state index in [0.29, 0.717) is 16.8 Å². The average molecular weight is 285 g/mol. The lowest BCUT2D eigenvalue weighted by Crippen LogP contribution is -2.13. The summed E-state index contributed by atoms with van der Waals surface area (Å²) in [6.07, 6.45) is 0.202. The topological polar surface area (TPSA) is 46.2 Å². The third-order valence-electron chi connectivity index (χ3n) is 3.13. The fraction of sp³-hybridized carbons (Fsp3) is 0.176. The summed E-state index contributed by atoms with van der Waals surface area (Å²) in [5.74, 6) is -0.753. The zero-order valence-electron chi connectivity index (χ0n) is 11.7. The molecule has 0 aromatic heterocycles. The van der Waals surface area contributed by atoms with Crippen LogP contribution in [-0.4, -0.2) is 11.7 Å². The number of carbonyl (C=O) groups is 2. The Morgan fingerprint density at radius 1 is 1.05 bits per heavy atom. The molecule has 2 rings (SSSR count). The predicted octanol–water partition coefficient (Wildman–Crippen LogP) is 3.74. The van der Waals surface area contributed by atoms with Gasteiger partial charge in [0.05, 0.1) is 0 Å². The minimum absolute atomic E-state index is 0.0726. The molecule has 1 N–H and O–H groups in total. The van der Waals surface area contributed by atoms with E-state index in [0.717, 1.165) is 0 Å². The molecule has 3 nitrogen and oxygen atoms in total. The smallest absolute Gasteiger partial charge is 0.224 e. The molecule has 108 valence electrons. The third-order valence-corrected chi connectivity index (χ3v) is 3.13. The maximum atomic E-state index is 13.4. The normalized spacial score (nSPS) is 10.2. The van der Waals surface area contributed by atoms with E-state index >= 15 is 0 Å².